The van der Waals surface area contributed by atoms with Crippen molar-refractivity contribution < 1.29 is 14.7 Å². The number of hydrogen-bond donors (Lipinski definition) is 3. The van der Waals surface area contributed by atoms with Crippen LogP contribution >= 0.6 is 0 Å². The van der Waals surface area contributed by atoms with Crippen molar-refractivity contribution in [3.63, 3.8) is 0 Å². The van der Waals surface area contributed by atoms with E-state index in [0.29, 0.717) is 19.6 Å². The minimum atomic E-state index is -0.967. The molecule has 0 spiro atoms. The molecule has 0 aromatic rings. The molecule has 15 heavy (non-hydrogen) atoms. The number of nitrogens with two attached hydrogens (primary N) is 2. The van der Waals surface area contributed by atoms with Crippen LogP contribution in [0.2, 0.25) is 0 Å². The Labute approximate surface area is 90.1 Å². The highest BCUT2D eigenvalue weighted by Gasteiger charge is 2.23. The highest BCUT2D eigenvalue weighted by molar-refractivity contribution is 5.73. The fourth-order valence-electron chi connectivity index (χ4n) is 1.13. The molecule has 0 aliphatic heterocycles. The average molecular weight is 219 g/mol. The molecular formula is C9H21N3O3. The van der Waals surface area contributed by atoms with E-state index in [9.17, 15) is 4.79 Å². The number of hydroxylamine groups is 1. The Morgan fingerprint density at radius 2 is 2.20 bits per heavy atom. The van der Waals surface area contributed by atoms with Gasteiger partial charge in [0, 0.05) is 0 Å². The number of hydrogen-bond acceptors (Lipinski definition) is 5. The summed E-state index contributed by atoms with van der Waals surface area (Å²) in [6.45, 7) is 2.92. The minimum Gasteiger partial charge on any atom is -0.480 e. The first kappa shape index (κ1) is 14.3. The van der Waals surface area contributed by atoms with E-state index in [-0.39, 0.29) is 0 Å². The Hall–Kier alpha value is -0.690. The molecule has 0 rings (SSSR count). The fourth-order valence-corrected chi connectivity index (χ4v) is 1.13. The summed E-state index contributed by atoms with van der Waals surface area (Å²) in [6.07, 6.45) is 2.78. The molecule has 1 atom stereocenters. The van der Waals surface area contributed by atoms with E-state index < -0.39 is 12.0 Å². The van der Waals surface area contributed by atoms with Crippen molar-refractivity contribution >= 4 is 5.97 Å². The van der Waals surface area contributed by atoms with Crippen molar-refractivity contribution in [2.75, 3.05) is 13.2 Å². The molecule has 0 radical (unpaired) electrons. The Morgan fingerprint density at radius 3 is 2.67 bits per heavy atom. The molecule has 0 aliphatic rings. The molecular weight excluding hydrogens is 198 g/mol. The normalized spacial score (nSPS) is 13.1. The summed E-state index contributed by atoms with van der Waals surface area (Å²) in [6, 6.07) is -0.789. The smallest absolute Gasteiger partial charge is 0.324 e. The second kappa shape index (κ2) is 8.60. The van der Waals surface area contributed by atoms with Crippen LogP contribution in [-0.2, 0) is 9.63 Å². The van der Waals surface area contributed by atoms with Gasteiger partial charge < -0.3 is 10.8 Å². The fraction of sp³-hybridized carbons (Fsp3) is 0.889. The first-order chi connectivity index (χ1) is 7.13. The molecule has 0 aromatic carbocycles. The Balaban J connectivity index is 3.95. The quantitative estimate of drug-likeness (QED) is 0.288. The standard InChI is InChI=1S/C9H21N3O3/c1-2-7-15-12(11)8(9(13)14)5-3-4-6-10/h8H,2-7,10-11H2,1H3,(H,13,14)/t8-/m0/s1. The van der Waals surface area contributed by atoms with Crippen LogP contribution in [0.3, 0.4) is 0 Å². The van der Waals surface area contributed by atoms with Crippen LogP contribution < -0.4 is 11.6 Å². The number of carbonyl (C=O) groups is 1. The number of nitrogens with zero attached hydrogens (tertiary/aromatic N) is 1. The van der Waals surface area contributed by atoms with Gasteiger partial charge in [-0.3, -0.25) is 9.63 Å². The first-order valence-electron chi connectivity index (χ1n) is 5.23. The van der Waals surface area contributed by atoms with E-state index in [4.69, 9.17) is 21.5 Å². The topological polar surface area (TPSA) is 102 Å². The van der Waals surface area contributed by atoms with Crippen LogP contribution in [0.4, 0.5) is 0 Å². The Bertz CT molecular complexity index is 178. The minimum absolute atomic E-state index is 0.428. The summed E-state index contributed by atoms with van der Waals surface area (Å²) < 4.78 is 0. The third-order valence-electron chi connectivity index (χ3n) is 1.97. The molecule has 6 heteroatoms. The van der Waals surface area contributed by atoms with Gasteiger partial charge in [-0.1, -0.05) is 6.92 Å². The van der Waals surface area contributed by atoms with Gasteiger partial charge in [0.2, 0.25) is 0 Å². The van der Waals surface area contributed by atoms with Crippen LogP contribution in [0, 0.1) is 0 Å². The maximum Gasteiger partial charge on any atom is 0.324 e. The number of carboxylic acids is 1. The zero-order valence-corrected chi connectivity index (χ0v) is 9.19. The molecule has 0 bridgehead atoms. The van der Waals surface area contributed by atoms with E-state index >= 15 is 0 Å². The number of hydrazine groups is 1. The lowest BCUT2D eigenvalue weighted by Crippen LogP contribution is -2.46. The second-order valence-electron chi connectivity index (χ2n) is 3.33. The molecule has 0 aromatic heterocycles. The third-order valence-corrected chi connectivity index (χ3v) is 1.97. The molecule has 0 heterocycles. The molecule has 0 saturated carbocycles. The van der Waals surface area contributed by atoms with Crippen LogP contribution in [0.15, 0.2) is 0 Å². The maximum absolute atomic E-state index is 10.9. The highest BCUT2D eigenvalue weighted by atomic mass is 16.7. The molecule has 5 N–H and O–H groups in total. The van der Waals surface area contributed by atoms with Gasteiger partial charge in [0.15, 0.2) is 0 Å². The van der Waals surface area contributed by atoms with Gasteiger partial charge in [-0.2, -0.15) is 0 Å². The zero-order valence-electron chi connectivity index (χ0n) is 9.19. The number of unbranched alkanes of at least 4 members (excludes halogenated alkanes) is 1. The van der Waals surface area contributed by atoms with E-state index in [1.54, 1.807) is 0 Å². The first-order valence-corrected chi connectivity index (χ1v) is 5.23. The van der Waals surface area contributed by atoms with Gasteiger partial charge in [-0.15, -0.1) is 5.17 Å². The molecule has 6 nitrogen and oxygen atoms in total. The van der Waals surface area contributed by atoms with Gasteiger partial charge in [0.25, 0.3) is 0 Å². The van der Waals surface area contributed by atoms with Crippen molar-refractivity contribution in [1.82, 2.24) is 5.17 Å². The second-order valence-corrected chi connectivity index (χ2v) is 3.33. The van der Waals surface area contributed by atoms with Crippen LogP contribution in [0.5, 0.6) is 0 Å². The number of aliphatic carboxylic acids is 1. The average Bonchev–Trinajstić information content (AvgIpc) is 2.20. The highest BCUT2D eigenvalue weighted by Crippen LogP contribution is 2.06. The van der Waals surface area contributed by atoms with Crippen LogP contribution in [0.1, 0.15) is 32.6 Å². The van der Waals surface area contributed by atoms with Gasteiger partial charge in [-0.25, -0.2) is 5.84 Å². The van der Waals surface area contributed by atoms with Crippen molar-refractivity contribution in [1.29, 1.82) is 0 Å². The number of rotatable bonds is 9. The van der Waals surface area contributed by atoms with Gasteiger partial charge in [0.05, 0.1) is 6.61 Å². The van der Waals surface area contributed by atoms with E-state index in [1.165, 1.54) is 0 Å². The van der Waals surface area contributed by atoms with Crippen molar-refractivity contribution in [3.8, 4) is 0 Å². The lowest BCUT2D eigenvalue weighted by molar-refractivity contribution is -0.202. The van der Waals surface area contributed by atoms with Crippen molar-refractivity contribution in [2.24, 2.45) is 11.6 Å². The monoisotopic (exact) mass is 219 g/mol. The SMILES string of the molecule is CCCON(N)[C@@H](CCCCN)C(=O)O. The van der Waals surface area contributed by atoms with Crippen molar-refractivity contribution in [2.45, 2.75) is 38.6 Å². The molecule has 0 aliphatic carbocycles. The van der Waals surface area contributed by atoms with Gasteiger partial charge in [-0.05, 0) is 32.2 Å². The predicted molar refractivity (Wildman–Crippen MR) is 56.6 cm³/mol. The molecule has 0 amide bonds. The lowest BCUT2D eigenvalue weighted by atomic mass is 10.1. The summed E-state index contributed by atoms with van der Waals surface area (Å²) >= 11 is 0. The van der Waals surface area contributed by atoms with Gasteiger partial charge >= 0.3 is 5.97 Å². The molecule has 0 unspecified atom stereocenters. The maximum atomic E-state index is 10.9. The largest absolute Gasteiger partial charge is 0.480 e. The summed E-state index contributed by atoms with van der Waals surface area (Å²) in [5, 5.41) is 9.84. The zero-order chi connectivity index (χ0) is 11.7. The van der Waals surface area contributed by atoms with E-state index in [0.717, 1.165) is 24.4 Å². The number of carboxylic acid groups (broad SMARTS) is 1. The molecule has 90 valence electrons. The van der Waals surface area contributed by atoms with Crippen molar-refractivity contribution in [3.05, 3.63) is 0 Å². The molecule has 0 saturated heterocycles. The third kappa shape index (κ3) is 6.40. The van der Waals surface area contributed by atoms with E-state index in [2.05, 4.69) is 0 Å². The van der Waals surface area contributed by atoms with E-state index in [1.807, 2.05) is 6.92 Å². The summed E-state index contributed by atoms with van der Waals surface area (Å²) in [5.41, 5.74) is 5.32. The van der Waals surface area contributed by atoms with Crippen LogP contribution in [-0.4, -0.2) is 35.4 Å². The Morgan fingerprint density at radius 1 is 1.53 bits per heavy atom. The predicted octanol–water partition coefficient (Wildman–Crippen LogP) is 0.0859. The molecule has 0 fully saturated rings. The van der Waals surface area contributed by atoms with Gasteiger partial charge in [0.1, 0.15) is 6.04 Å². The summed E-state index contributed by atoms with van der Waals surface area (Å²) in [5.74, 6) is 4.52. The summed E-state index contributed by atoms with van der Waals surface area (Å²) in [7, 11) is 0. The lowest BCUT2D eigenvalue weighted by Gasteiger charge is -2.22. The van der Waals surface area contributed by atoms with Crippen LogP contribution in [0.25, 0.3) is 0 Å². The Kier molecular flexibility index (Phi) is 8.21. The summed E-state index contributed by atoms with van der Waals surface area (Å²) in [4.78, 5) is 15.9.